The molecule has 1 saturated heterocycles. The molecule has 2 heteroatoms. The largest absolute Gasteiger partial charge is 0.310 e. The summed E-state index contributed by atoms with van der Waals surface area (Å²) in [6.45, 7) is 7.97. The highest BCUT2D eigenvalue weighted by Crippen LogP contribution is 2.26. The smallest absolute Gasteiger partial charge is 0.0320 e. The summed E-state index contributed by atoms with van der Waals surface area (Å²) >= 11 is 0. The SMILES string of the molecule is CC(C)(C)c1ccc([C@H]2CCCCN2)cc1.Cl. The topological polar surface area (TPSA) is 12.0 Å². The molecule has 1 aromatic rings. The second-order valence-electron chi connectivity index (χ2n) is 5.87. The monoisotopic (exact) mass is 253 g/mol. The second kappa shape index (κ2) is 5.88. The van der Waals surface area contributed by atoms with Gasteiger partial charge in [-0.25, -0.2) is 0 Å². The fourth-order valence-corrected chi connectivity index (χ4v) is 2.35. The van der Waals surface area contributed by atoms with Crippen LogP contribution >= 0.6 is 12.4 Å². The zero-order valence-corrected chi connectivity index (χ0v) is 11.9. The number of rotatable bonds is 1. The second-order valence-corrected chi connectivity index (χ2v) is 5.87. The summed E-state index contributed by atoms with van der Waals surface area (Å²) in [6, 6.07) is 9.74. The highest BCUT2D eigenvalue weighted by atomic mass is 35.5. The van der Waals surface area contributed by atoms with E-state index < -0.39 is 0 Å². The third kappa shape index (κ3) is 3.72. The van der Waals surface area contributed by atoms with Crippen molar-refractivity contribution < 1.29 is 0 Å². The average molecular weight is 254 g/mol. The minimum atomic E-state index is 0. The Morgan fingerprint density at radius 1 is 1.06 bits per heavy atom. The van der Waals surface area contributed by atoms with E-state index in [-0.39, 0.29) is 17.8 Å². The summed E-state index contributed by atoms with van der Waals surface area (Å²) in [4.78, 5) is 0. The van der Waals surface area contributed by atoms with Gasteiger partial charge < -0.3 is 5.32 Å². The van der Waals surface area contributed by atoms with Crippen molar-refractivity contribution in [2.75, 3.05) is 6.54 Å². The van der Waals surface area contributed by atoms with Crippen LogP contribution in [0.5, 0.6) is 0 Å². The fraction of sp³-hybridized carbons (Fsp3) is 0.600. The van der Waals surface area contributed by atoms with Gasteiger partial charge >= 0.3 is 0 Å². The first-order chi connectivity index (χ1) is 7.57. The van der Waals surface area contributed by atoms with Gasteiger partial charge in [0.25, 0.3) is 0 Å². The van der Waals surface area contributed by atoms with Gasteiger partial charge in [0.05, 0.1) is 0 Å². The molecule has 0 unspecified atom stereocenters. The van der Waals surface area contributed by atoms with Crippen molar-refractivity contribution in [2.24, 2.45) is 0 Å². The Morgan fingerprint density at radius 3 is 2.18 bits per heavy atom. The molecule has 0 amide bonds. The average Bonchev–Trinajstić information content (AvgIpc) is 2.29. The first kappa shape index (κ1) is 14.5. The van der Waals surface area contributed by atoms with E-state index in [4.69, 9.17) is 0 Å². The number of benzene rings is 1. The van der Waals surface area contributed by atoms with E-state index in [9.17, 15) is 0 Å². The van der Waals surface area contributed by atoms with Crippen molar-refractivity contribution in [3.63, 3.8) is 0 Å². The summed E-state index contributed by atoms with van der Waals surface area (Å²) < 4.78 is 0. The predicted octanol–water partition coefficient (Wildman–Crippen LogP) is 4.22. The van der Waals surface area contributed by atoms with E-state index in [0.29, 0.717) is 6.04 Å². The van der Waals surface area contributed by atoms with Crippen LogP contribution in [0, 0.1) is 0 Å². The zero-order chi connectivity index (χ0) is 11.6. The van der Waals surface area contributed by atoms with Gasteiger partial charge in [0, 0.05) is 6.04 Å². The molecule has 1 fully saturated rings. The Hall–Kier alpha value is -0.530. The van der Waals surface area contributed by atoms with E-state index in [2.05, 4.69) is 50.4 Å². The van der Waals surface area contributed by atoms with Gasteiger partial charge in [-0.05, 0) is 35.9 Å². The first-order valence-electron chi connectivity index (χ1n) is 6.41. The number of halogens is 1. The lowest BCUT2D eigenvalue weighted by molar-refractivity contribution is 0.412. The molecule has 0 spiro atoms. The maximum absolute atomic E-state index is 3.59. The molecule has 1 aromatic carbocycles. The molecule has 0 aliphatic carbocycles. The number of hydrogen-bond acceptors (Lipinski definition) is 1. The van der Waals surface area contributed by atoms with Gasteiger partial charge in [-0.1, -0.05) is 51.5 Å². The maximum Gasteiger partial charge on any atom is 0.0320 e. The number of piperidine rings is 1. The highest BCUT2D eigenvalue weighted by Gasteiger charge is 2.16. The van der Waals surface area contributed by atoms with E-state index in [1.165, 1.54) is 36.9 Å². The van der Waals surface area contributed by atoms with Crippen LogP contribution < -0.4 is 5.32 Å². The molecular formula is C15H24ClN. The highest BCUT2D eigenvalue weighted by molar-refractivity contribution is 5.85. The number of nitrogens with one attached hydrogen (secondary N) is 1. The summed E-state index contributed by atoms with van der Waals surface area (Å²) in [6.07, 6.45) is 3.98. The van der Waals surface area contributed by atoms with Gasteiger partial charge in [0.15, 0.2) is 0 Å². The molecule has 0 bridgehead atoms. The first-order valence-corrected chi connectivity index (χ1v) is 6.41. The van der Waals surface area contributed by atoms with Crippen LogP contribution in [0.25, 0.3) is 0 Å². The lowest BCUT2D eigenvalue weighted by Gasteiger charge is -2.25. The lowest BCUT2D eigenvalue weighted by Crippen LogP contribution is -2.26. The number of hydrogen-bond donors (Lipinski definition) is 1. The van der Waals surface area contributed by atoms with Gasteiger partial charge in [-0.2, -0.15) is 0 Å². The van der Waals surface area contributed by atoms with Crippen molar-refractivity contribution in [3.8, 4) is 0 Å². The molecule has 96 valence electrons. The molecule has 0 radical (unpaired) electrons. The molecule has 0 aromatic heterocycles. The van der Waals surface area contributed by atoms with Crippen LogP contribution in [-0.2, 0) is 5.41 Å². The fourth-order valence-electron chi connectivity index (χ4n) is 2.35. The minimum Gasteiger partial charge on any atom is -0.310 e. The van der Waals surface area contributed by atoms with Crippen molar-refractivity contribution in [1.29, 1.82) is 0 Å². The zero-order valence-electron chi connectivity index (χ0n) is 11.1. The molecule has 1 aliphatic rings. The summed E-state index contributed by atoms with van der Waals surface area (Å²) in [7, 11) is 0. The summed E-state index contributed by atoms with van der Waals surface area (Å²) in [5.41, 5.74) is 3.14. The third-order valence-electron chi connectivity index (χ3n) is 3.49. The van der Waals surface area contributed by atoms with Crippen molar-refractivity contribution in [2.45, 2.75) is 51.5 Å². The molecule has 1 heterocycles. The van der Waals surface area contributed by atoms with E-state index >= 15 is 0 Å². The Labute approximate surface area is 111 Å². The Morgan fingerprint density at radius 2 is 1.71 bits per heavy atom. The summed E-state index contributed by atoms with van der Waals surface area (Å²) in [5, 5.41) is 3.59. The van der Waals surface area contributed by atoms with Crippen LogP contribution in [0.1, 0.15) is 57.2 Å². The standard InChI is InChI=1S/C15H23N.ClH/c1-15(2,3)13-9-7-12(8-10-13)14-6-4-5-11-16-14;/h7-10,14,16H,4-6,11H2,1-3H3;1H/t14-;/m1./s1. The molecular weight excluding hydrogens is 230 g/mol. The van der Waals surface area contributed by atoms with E-state index in [0.717, 1.165) is 0 Å². The Bertz CT molecular complexity index is 331. The Kier molecular flexibility index (Phi) is 5.03. The molecule has 2 rings (SSSR count). The molecule has 0 saturated carbocycles. The van der Waals surface area contributed by atoms with Gasteiger partial charge in [-0.3, -0.25) is 0 Å². The normalized spacial score (nSPS) is 20.8. The van der Waals surface area contributed by atoms with E-state index in [1.54, 1.807) is 0 Å². The van der Waals surface area contributed by atoms with Crippen LogP contribution in [0.2, 0.25) is 0 Å². The van der Waals surface area contributed by atoms with Crippen molar-refractivity contribution in [1.82, 2.24) is 5.32 Å². The molecule has 1 N–H and O–H groups in total. The van der Waals surface area contributed by atoms with Crippen molar-refractivity contribution in [3.05, 3.63) is 35.4 Å². The van der Waals surface area contributed by atoms with Crippen LogP contribution in [0.3, 0.4) is 0 Å². The third-order valence-corrected chi connectivity index (χ3v) is 3.49. The Balaban J connectivity index is 0.00000144. The maximum atomic E-state index is 3.59. The lowest BCUT2D eigenvalue weighted by atomic mass is 9.85. The molecule has 17 heavy (non-hydrogen) atoms. The van der Waals surface area contributed by atoms with Crippen LogP contribution in [-0.4, -0.2) is 6.54 Å². The summed E-state index contributed by atoms with van der Waals surface area (Å²) in [5.74, 6) is 0. The predicted molar refractivity (Wildman–Crippen MR) is 77.0 cm³/mol. The quantitative estimate of drug-likeness (QED) is 0.790. The van der Waals surface area contributed by atoms with Crippen LogP contribution in [0.4, 0.5) is 0 Å². The molecule has 1 aliphatic heterocycles. The van der Waals surface area contributed by atoms with Crippen molar-refractivity contribution >= 4 is 12.4 Å². The van der Waals surface area contributed by atoms with Gasteiger partial charge in [0.1, 0.15) is 0 Å². The molecule has 1 atom stereocenters. The van der Waals surface area contributed by atoms with Gasteiger partial charge in [-0.15, -0.1) is 12.4 Å². The van der Waals surface area contributed by atoms with E-state index in [1.807, 2.05) is 0 Å². The van der Waals surface area contributed by atoms with Crippen LogP contribution in [0.15, 0.2) is 24.3 Å². The van der Waals surface area contributed by atoms with Gasteiger partial charge in [0.2, 0.25) is 0 Å². The molecule has 1 nitrogen and oxygen atoms in total. The minimum absolute atomic E-state index is 0.